The highest BCUT2D eigenvalue weighted by molar-refractivity contribution is 5.43. The van der Waals surface area contributed by atoms with E-state index in [4.69, 9.17) is 0 Å². The summed E-state index contributed by atoms with van der Waals surface area (Å²) in [7, 11) is 0. The van der Waals surface area contributed by atoms with E-state index in [1.807, 2.05) is 6.07 Å². The molecular weight excluding hydrogens is 291 g/mol. The van der Waals surface area contributed by atoms with Crippen molar-refractivity contribution >= 4 is 5.82 Å². The molecule has 4 rings (SSSR count). The fraction of sp³-hybridized carbons (Fsp3) is 0.444. The number of halogens is 1. The van der Waals surface area contributed by atoms with Gasteiger partial charge in [0.2, 0.25) is 0 Å². The van der Waals surface area contributed by atoms with Gasteiger partial charge < -0.3 is 4.90 Å². The molecule has 0 N–H and O–H groups in total. The van der Waals surface area contributed by atoms with Gasteiger partial charge in [-0.2, -0.15) is 5.10 Å². The van der Waals surface area contributed by atoms with E-state index in [0.29, 0.717) is 0 Å². The highest BCUT2D eigenvalue weighted by Crippen LogP contribution is 2.23. The van der Waals surface area contributed by atoms with Crippen LogP contribution in [0.1, 0.15) is 23.2 Å². The lowest BCUT2D eigenvalue weighted by atomic mass is 10.2. The van der Waals surface area contributed by atoms with Crippen molar-refractivity contribution in [1.82, 2.24) is 15.1 Å². The first-order valence-corrected chi connectivity index (χ1v) is 8.35. The van der Waals surface area contributed by atoms with E-state index in [2.05, 4.69) is 26.1 Å². The molecule has 23 heavy (non-hydrogen) atoms. The first kappa shape index (κ1) is 14.6. The van der Waals surface area contributed by atoms with Crippen molar-refractivity contribution in [1.29, 1.82) is 0 Å². The average Bonchev–Trinajstić information content (AvgIpc) is 3.03. The minimum absolute atomic E-state index is 0.158. The van der Waals surface area contributed by atoms with Crippen molar-refractivity contribution in [3.8, 4) is 0 Å². The standard InChI is InChI=1S/C18H21FN4/c19-16-5-1-3-14(11-16)13-22-7-9-23(10-8-22)18-12-15-4-2-6-17(15)20-21-18/h1,3,5,11-12H,2,4,6-10,13H2. The van der Waals surface area contributed by atoms with Crippen LogP contribution in [0.3, 0.4) is 0 Å². The number of piperazine rings is 1. The molecule has 120 valence electrons. The van der Waals surface area contributed by atoms with Gasteiger partial charge in [0, 0.05) is 32.7 Å². The van der Waals surface area contributed by atoms with E-state index < -0.39 is 0 Å². The molecule has 1 aliphatic heterocycles. The number of aromatic nitrogens is 2. The number of benzene rings is 1. The zero-order valence-electron chi connectivity index (χ0n) is 13.2. The molecule has 1 saturated heterocycles. The maximum Gasteiger partial charge on any atom is 0.151 e. The normalized spacial score (nSPS) is 18.2. The van der Waals surface area contributed by atoms with Gasteiger partial charge in [-0.15, -0.1) is 5.10 Å². The van der Waals surface area contributed by atoms with Crippen LogP contribution in [0.25, 0.3) is 0 Å². The summed E-state index contributed by atoms with van der Waals surface area (Å²) in [5.41, 5.74) is 3.59. The van der Waals surface area contributed by atoms with E-state index in [0.717, 1.165) is 56.9 Å². The molecule has 0 atom stereocenters. The predicted molar refractivity (Wildman–Crippen MR) is 87.9 cm³/mol. The molecule has 1 aliphatic carbocycles. The second-order valence-electron chi connectivity index (χ2n) is 6.42. The molecule has 0 saturated carbocycles. The Morgan fingerprint density at radius 1 is 1.00 bits per heavy atom. The molecule has 1 aromatic heterocycles. The van der Waals surface area contributed by atoms with Gasteiger partial charge in [0.1, 0.15) is 5.82 Å². The smallest absolute Gasteiger partial charge is 0.151 e. The van der Waals surface area contributed by atoms with Crippen molar-refractivity contribution < 1.29 is 4.39 Å². The minimum Gasteiger partial charge on any atom is -0.353 e. The molecule has 2 aliphatic rings. The van der Waals surface area contributed by atoms with E-state index in [9.17, 15) is 4.39 Å². The molecule has 1 fully saturated rings. The van der Waals surface area contributed by atoms with Crippen molar-refractivity contribution in [3.63, 3.8) is 0 Å². The molecule has 0 spiro atoms. The highest BCUT2D eigenvalue weighted by Gasteiger charge is 2.21. The summed E-state index contributed by atoms with van der Waals surface area (Å²) in [6, 6.07) is 9.10. The van der Waals surface area contributed by atoms with E-state index in [-0.39, 0.29) is 5.82 Å². The first-order valence-electron chi connectivity index (χ1n) is 8.35. The van der Waals surface area contributed by atoms with E-state index in [1.165, 1.54) is 23.7 Å². The van der Waals surface area contributed by atoms with Gasteiger partial charge in [-0.05, 0) is 48.6 Å². The van der Waals surface area contributed by atoms with Crippen LogP contribution in [-0.2, 0) is 19.4 Å². The number of hydrogen-bond donors (Lipinski definition) is 0. The SMILES string of the molecule is Fc1cccc(CN2CCN(c3cc4c(nn3)CCC4)CC2)c1. The molecule has 0 bridgehead atoms. The fourth-order valence-electron chi connectivity index (χ4n) is 3.50. The number of aryl methyl sites for hydroxylation is 2. The third kappa shape index (κ3) is 3.20. The Balaban J connectivity index is 1.37. The fourth-order valence-corrected chi connectivity index (χ4v) is 3.50. The number of rotatable bonds is 3. The quantitative estimate of drug-likeness (QED) is 0.871. The average molecular weight is 312 g/mol. The zero-order valence-corrected chi connectivity index (χ0v) is 13.2. The molecule has 0 radical (unpaired) electrons. The van der Waals surface area contributed by atoms with Crippen LogP contribution in [0.2, 0.25) is 0 Å². The van der Waals surface area contributed by atoms with Crippen LogP contribution >= 0.6 is 0 Å². The molecule has 4 nitrogen and oxygen atoms in total. The molecule has 1 aromatic carbocycles. The highest BCUT2D eigenvalue weighted by atomic mass is 19.1. The molecule has 2 heterocycles. The molecule has 5 heteroatoms. The predicted octanol–water partition coefficient (Wildman–Crippen LogP) is 2.43. The lowest BCUT2D eigenvalue weighted by molar-refractivity contribution is 0.249. The maximum absolute atomic E-state index is 13.3. The van der Waals surface area contributed by atoms with Gasteiger partial charge in [0.15, 0.2) is 5.82 Å². The number of nitrogens with zero attached hydrogens (tertiary/aromatic N) is 4. The summed E-state index contributed by atoms with van der Waals surface area (Å²) in [5.74, 6) is 0.852. The van der Waals surface area contributed by atoms with Crippen LogP contribution in [0, 0.1) is 5.82 Å². The third-order valence-electron chi connectivity index (χ3n) is 4.80. The van der Waals surface area contributed by atoms with E-state index in [1.54, 1.807) is 12.1 Å². The van der Waals surface area contributed by atoms with Crippen molar-refractivity contribution in [2.24, 2.45) is 0 Å². The summed E-state index contributed by atoms with van der Waals surface area (Å²) < 4.78 is 13.3. The van der Waals surface area contributed by atoms with Gasteiger partial charge in [-0.1, -0.05) is 12.1 Å². The summed E-state index contributed by atoms with van der Waals surface area (Å²) in [6.45, 7) is 4.64. The van der Waals surface area contributed by atoms with Crippen molar-refractivity contribution in [2.75, 3.05) is 31.1 Å². The van der Waals surface area contributed by atoms with Crippen LogP contribution in [0.4, 0.5) is 10.2 Å². The van der Waals surface area contributed by atoms with Crippen molar-refractivity contribution in [2.45, 2.75) is 25.8 Å². The molecule has 0 amide bonds. The Morgan fingerprint density at radius 2 is 1.87 bits per heavy atom. The largest absolute Gasteiger partial charge is 0.353 e. The molecule has 2 aromatic rings. The Kier molecular flexibility index (Phi) is 3.95. The van der Waals surface area contributed by atoms with E-state index >= 15 is 0 Å². The number of fused-ring (bicyclic) bond motifs is 1. The lowest BCUT2D eigenvalue weighted by Crippen LogP contribution is -2.46. The second-order valence-corrected chi connectivity index (χ2v) is 6.42. The molecule has 0 unspecified atom stereocenters. The van der Waals surface area contributed by atoms with Gasteiger partial charge in [0.05, 0.1) is 5.69 Å². The maximum atomic E-state index is 13.3. The van der Waals surface area contributed by atoms with Gasteiger partial charge >= 0.3 is 0 Å². The number of hydrogen-bond acceptors (Lipinski definition) is 4. The minimum atomic E-state index is -0.158. The summed E-state index contributed by atoms with van der Waals surface area (Å²) in [6.07, 6.45) is 3.41. The number of anilines is 1. The topological polar surface area (TPSA) is 32.3 Å². The third-order valence-corrected chi connectivity index (χ3v) is 4.80. The monoisotopic (exact) mass is 312 g/mol. The first-order chi connectivity index (χ1) is 11.3. The summed E-state index contributed by atoms with van der Waals surface area (Å²) in [5, 5.41) is 8.79. The Labute approximate surface area is 135 Å². The lowest BCUT2D eigenvalue weighted by Gasteiger charge is -2.35. The van der Waals surface area contributed by atoms with Crippen LogP contribution in [-0.4, -0.2) is 41.3 Å². The van der Waals surface area contributed by atoms with Crippen LogP contribution < -0.4 is 4.90 Å². The zero-order chi connectivity index (χ0) is 15.6. The second kappa shape index (κ2) is 6.24. The Hall–Kier alpha value is -2.01. The summed E-state index contributed by atoms with van der Waals surface area (Å²) >= 11 is 0. The van der Waals surface area contributed by atoms with Gasteiger partial charge in [0.25, 0.3) is 0 Å². The summed E-state index contributed by atoms with van der Waals surface area (Å²) in [4.78, 5) is 4.68. The van der Waals surface area contributed by atoms with Crippen molar-refractivity contribution in [3.05, 3.63) is 53.0 Å². The molecular formula is C18H21FN4. The Morgan fingerprint density at radius 3 is 2.70 bits per heavy atom. The van der Waals surface area contributed by atoms with Crippen LogP contribution in [0.15, 0.2) is 30.3 Å². The Bertz CT molecular complexity index is 695. The van der Waals surface area contributed by atoms with Gasteiger partial charge in [-0.3, -0.25) is 4.90 Å². The van der Waals surface area contributed by atoms with Gasteiger partial charge in [-0.25, -0.2) is 4.39 Å². The van der Waals surface area contributed by atoms with Crippen LogP contribution in [0.5, 0.6) is 0 Å².